The van der Waals surface area contributed by atoms with Gasteiger partial charge in [0, 0.05) is 29.1 Å². The van der Waals surface area contributed by atoms with E-state index in [-0.39, 0.29) is 6.17 Å². The lowest BCUT2D eigenvalue weighted by Gasteiger charge is -2.29. The van der Waals surface area contributed by atoms with E-state index in [1.165, 1.54) is 0 Å². The van der Waals surface area contributed by atoms with Gasteiger partial charge >= 0.3 is 0 Å². The molecule has 0 aliphatic carbocycles. The van der Waals surface area contributed by atoms with E-state index >= 15 is 0 Å². The molecule has 4 rings (SSSR count). The summed E-state index contributed by atoms with van der Waals surface area (Å²) >= 11 is 12.5. The van der Waals surface area contributed by atoms with Crippen molar-refractivity contribution in [2.75, 3.05) is 24.5 Å². The molecule has 26 heavy (non-hydrogen) atoms. The molecule has 5 nitrogen and oxygen atoms in total. The monoisotopic (exact) mass is 383 g/mol. The summed E-state index contributed by atoms with van der Waals surface area (Å²) in [5, 5.41) is 5.43. The minimum Gasteiger partial charge on any atom is -0.345 e. The Morgan fingerprint density at radius 2 is 1.96 bits per heavy atom. The summed E-state index contributed by atoms with van der Waals surface area (Å²) in [5.41, 5.74) is 2.68. The third-order valence-corrected chi connectivity index (χ3v) is 5.03. The average Bonchev–Trinajstić information content (AvgIpc) is 2.68. The summed E-state index contributed by atoms with van der Waals surface area (Å²) in [6.45, 7) is 9.41. The van der Waals surface area contributed by atoms with E-state index in [9.17, 15) is 0 Å². The summed E-state index contributed by atoms with van der Waals surface area (Å²) in [5.74, 6) is 0.831. The Bertz CT molecular complexity index is 997. The lowest BCUT2D eigenvalue weighted by molar-refractivity contribution is 0.513. The predicted octanol–water partition coefficient (Wildman–Crippen LogP) is 4.26. The van der Waals surface area contributed by atoms with Crippen molar-refractivity contribution in [2.24, 2.45) is 0 Å². The zero-order valence-corrected chi connectivity index (χ0v) is 15.3. The van der Waals surface area contributed by atoms with Crippen LogP contribution < -0.4 is 10.2 Å². The van der Waals surface area contributed by atoms with Crippen LogP contribution in [0, 0.1) is 6.57 Å². The van der Waals surface area contributed by atoms with Gasteiger partial charge < -0.3 is 4.90 Å². The minimum atomic E-state index is -0.225. The first kappa shape index (κ1) is 17.0. The number of aromatic nitrogens is 2. The maximum Gasteiger partial charge on any atom is 0.294 e. The number of benzene rings is 2. The van der Waals surface area contributed by atoms with Crippen LogP contribution >= 0.6 is 23.2 Å². The number of rotatable bonds is 2. The molecule has 130 valence electrons. The molecule has 1 atom stereocenters. The van der Waals surface area contributed by atoms with E-state index < -0.39 is 0 Å². The second-order valence-electron chi connectivity index (χ2n) is 6.10. The Kier molecular flexibility index (Phi) is 4.64. The summed E-state index contributed by atoms with van der Waals surface area (Å²) < 4.78 is 0. The molecule has 7 heteroatoms. The van der Waals surface area contributed by atoms with E-state index in [4.69, 9.17) is 29.8 Å². The Labute approximate surface area is 161 Å². The minimum absolute atomic E-state index is 0.225. The lowest BCUT2D eigenvalue weighted by atomic mass is 10.0. The van der Waals surface area contributed by atoms with Crippen molar-refractivity contribution in [3.05, 3.63) is 64.2 Å². The predicted molar refractivity (Wildman–Crippen MR) is 106 cm³/mol. The van der Waals surface area contributed by atoms with Crippen molar-refractivity contribution in [2.45, 2.75) is 6.17 Å². The first-order chi connectivity index (χ1) is 12.7. The van der Waals surface area contributed by atoms with Crippen LogP contribution in [0.1, 0.15) is 0 Å². The highest BCUT2D eigenvalue weighted by molar-refractivity contribution is 6.34. The molecule has 0 saturated carbocycles. The van der Waals surface area contributed by atoms with Crippen molar-refractivity contribution >= 4 is 39.9 Å². The molecule has 2 heterocycles. The number of fused-ring (bicyclic) bond motifs is 1. The molecule has 1 fully saturated rings. The molecule has 1 aromatic heterocycles. The van der Waals surface area contributed by atoms with Gasteiger partial charge in [-0.1, -0.05) is 35.3 Å². The van der Waals surface area contributed by atoms with E-state index in [0.717, 1.165) is 40.9 Å². The highest BCUT2D eigenvalue weighted by Crippen LogP contribution is 2.35. The second kappa shape index (κ2) is 7.08. The SMILES string of the molecule is [C-]#[N+]C1CN(c2ncnc3cc(Cl)c(-c4ccc(Cl)cc4)cc23)CCN1. The van der Waals surface area contributed by atoms with Crippen LogP contribution in [0.4, 0.5) is 5.82 Å². The van der Waals surface area contributed by atoms with Gasteiger partial charge in [0.25, 0.3) is 6.17 Å². The normalized spacial score (nSPS) is 17.3. The van der Waals surface area contributed by atoms with E-state index in [1.807, 2.05) is 36.4 Å². The van der Waals surface area contributed by atoms with Crippen molar-refractivity contribution < 1.29 is 0 Å². The standard InChI is InChI=1S/C19H15Cl2N5/c1-22-18-10-26(7-6-23-18)19-15-8-14(12-2-4-13(20)5-3-12)16(21)9-17(15)24-11-25-19/h2-5,8-9,11,18,23H,6-7,10H2. The molecule has 0 amide bonds. The van der Waals surface area contributed by atoms with Crippen LogP contribution in [0.3, 0.4) is 0 Å². The highest BCUT2D eigenvalue weighted by atomic mass is 35.5. The fourth-order valence-electron chi connectivity index (χ4n) is 3.18. The summed E-state index contributed by atoms with van der Waals surface area (Å²) in [6.07, 6.45) is 1.32. The quantitative estimate of drug-likeness (QED) is 0.671. The Morgan fingerprint density at radius 3 is 2.73 bits per heavy atom. The van der Waals surface area contributed by atoms with Gasteiger partial charge in [-0.05, 0) is 29.8 Å². The topological polar surface area (TPSA) is 45.4 Å². The van der Waals surface area contributed by atoms with Crippen molar-refractivity contribution in [1.29, 1.82) is 0 Å². The van der Waals surface area contributed by atoms with Crippen LogP contribution in [-0.4, -0.2) is 35.8 Å². The Balaban J connectivity index is 1.83. The van der Waals surface area contributed by atoms with Gasteiger partial charge in [-0.15, -0.1) is 0 Å². The largest absolute Gasteiger partial charge is 0.345 e. The maximum atomic E-state index is 7.28. The number of nitrogens with zero attached hydrogens (tertiary/aromatic N) is 4. The van der Waals surface area contributed by atoms with E-state index in [1.54, 1.807) is 6.33 Å². The van der Waals surface area contributed by atoms with Gasteiger partial charge in [-0.2, -0.15) is 0 Å². The van der Waals surface area contributed by atoms with Crippen LogP contribution in [0.5, 0.6) is 0 Å². The van der Waals surface area contributed by atoms with Crippen molar-refractivity contribution in [3.63, 3.8) is 0 Å². The fraction of sp³-hybridized carbons (Fsp3) is 0.211. The summed E-state index contributed by atoms with van der Waals surface area (Å²) in [6, 6.07) is 11.5. The first-order valence-corrected chi connectivity index (χ1v) is 8.96. The Hall–Kier alpha value is -2.39. The van der Waals surface area contributed by atoms with Gasteiger partial charge in [0.1, 0.15) is 18.7 Å². The van der Waals surface area contributed by atoms with Gasteiger partial charge in [0.2, 0.25) is 0 Å². The molecule has 0 radical (unpaired) electrons. The second-order valence-corrected chi connectivity index (χ2v) is 6.94. The van der Waals surface area contributed by atoms with Crippen molar-refractivity contribution in [1.82, 2.24) is 15.3 Å². The number of piperazine rings is 1. The molecule has 1 aliphatic heterocycles. The Morgan fingerprint density at radius 1 is 1.15 bits per heavy atom. The van der Waals surface area contributed by atoms with Crippen LogP contribution in [0.2, 0.25) is 10.0 Å². The number of anilines is 1. The molecule has 1 N–H and O–H groups in total. The fourth-order valence-corrected chi connectivity index (χ4v) is 3.57. The summed E-state index contributed by atoms with van der Waals surface area (Å²) in [7, 11) is 0. The molecule has 3 aromatic rings. The maximum absolute atomic E-state index is 7.28. The third kappa shape index (κ3) is 3.19. The number of halogens is 2. The molecule has 0 spiro atoms. The number of nitrogens with one attached hydrogen (secondary N) is 1. The lowest BCUT2D eigenvalue weighted by Crippen LogP contribution is -2.49. The molecule has 0 bridgehead atoms. The van der Waals surface area contributed by atoms with Crippen LogP contribution in [-0.2, 0) is 0 Å². The molecular formula is C19H15Cl2N5. The smallest absolute Gasteiger partial charge is 0.294 e. The number of hydrogen-bond acceptors (Lipinski definition) is 4. The van der Waals surface area contributed by atoms with E-state index in [2.05, 4.69) is 25.0 Å². The molecule has 1 aliphatic rings. The van der Waals surface area contributed by atoms with E-state index in [0.29, 0.717) is 16.6 Å². The highest BCUT2D eigenvalue weighted by Gasteiger charge is 2.25. The van der Waals surface area contributed by atoms with Crippen molar-refractivity contribution in [3.8, 4) is 11.1 Å². The first-order valence-electron chi connectivity index (χ1n) is 8.21. The van der Waals surface area contributed by atoms with Gasteiger partial charge in [-0.3, -0.25) is 4.85 Å². The molecule has 1 saturated heterocycles. The molecular weight excluding hydrogens is 369 g/mol. The molecule has 2 aromatic carbocycles. The number of hydrogen-bond donors (Lipinski definition) is 1. The van der Waals surface area contributed by atoms with Gasteiger partial charge in [-0.25, -0.2) is 21.9 Å². The van der Waals surface area contributed by atoms with Crippen LogP contribution in [0.15, 0.2) is 42.7 Å². The van der Waals surface area contributed by atoms with Crippen LogP contribution in [0.25, 0.3) is 26.9 Å². The van der Waals surface area contributed by atoms with Gasteiger partial charge in [0.15, 0.2) is 0 Å². The average molecular weight is 384 g/mol. The third-order valence-electron chi connectivity index (χ3n) is 4.47. The summed E-state index contributed by atoms with van der Waals surface area (Å²) in [4.78, 5) is 14.6. The molecule has 1 unspecified atom stereocenters. The zero-order valence-electron chi connectivity index (χ0n) is 13.8. The zero-order chi connectivity index (χ0) is 18.1. The van der Waals surface area contributed by atoms with Gasteiger partial charge in [0.05, 0.1) is 10.5 Å².